The fourth-order valence-corrected chi connectivity index (χ4v) is 2.30. The number of aryl methyl sites for hydroxylation is 1. The highest BCUT2D eigenvalue weighted by Gasteiger charge is 2.15. The molecular weight excluding hydrogens is 234 g/mol. The van der Waals surface area contributed by atoms with Gasteiger partial charge in [-0.3, -0.25) is 0 Å². The Hall–Kier alpha value is -1.61. The molecule has 0 radical (unpaired) electrons. The van der Waals surface area contributed by atoms with Crippen LogP contribution in [0.25, 0.3) is 0 Å². The lowest BCUT2D eigenvalue weighted by molar-refractivity contribution is 0.512. The molecular formula is C16H23N3. The van der Waals surface area contributed by atoms with Gasteiger partial charge in [0.25, 0.3) is 0 Å². The van der Waals surface area contributed by atoms with Crippen LogP contribution < -0.4 is 5.32 Å². The summed E-state index contributed by atoms with van der Waals surface area (Å²) in [5, 5.41) is 3.52. The summed E-state index contributed by atoms with van der Waals surface area (Å²) in [5.41, 5.74) is 3.68. The maximum absolute atomic E-state index is 4.43. The van der Waals surface area contributed by atoms with Crippen molar-refractivity contribution in [1.29, 1.82) is 0 Å². The molecule has 102 valence electrons. The van der Waals surface area contributed by atoms with Crippen LogP contribution in [0.4, 0.5) is 0 Å². The molecule has 1 unspecified atom stereocenters. The fourth-order valence-electron chi connectivity index (χ4n) is 2.30. The van der Waals surface area contributed by atoms with Crippen molar-refractivity contribution in [2.24, 2.45) is 0 Å². The Kier molecular flexibility index (Phi) is 4.74. The van der Waals surface area contributed by atoms with E-state index in [-0.39, 0.29) is 0 Å². The summed E-state index contributed by atoms with van der Waals surface area (Å²) in [6, 6.07) is 10.9. The lowest BCUT2D eigenvalue weighted by Gasteiger charge is -2.21. The highest BCUT2D eigenvalue weighted by atomic mass is 15.1. The van der Waals surface area contributed by atoms with Crippen molar-refractivity contribution in [3.8, 4) is 0 Å². The largest absolute Gasteiger partial charge is 0.326 e. The molecule has 0 saturated carbocycles. The molecule has 19 heavy (non-hydrogen) atoms. The van der Waals surface area contributed by atoms with E-state index >= 15 is 0 Å². The molecule has 1 atom stereocenters. The van der Waals surface area contributed by atoms with Gasteiger partial charge in [-0.25, -0.2) is 4.98 Å². The van der Waals surface area contributed by atoms with Crippen LogP contribution in [0.3, 0.4) is 0 Å². The third-order valence-corrected chi connectivity index (χ3v) is 3.57. The molecule has 0 aliphatic carbocycles. The van der Waals surface area contributed by atoms with E-state index in [0.29, 0.717) is 6.04 Å². The van der Waals surface area contributed by atoms with Crippen molar-refractivity contribution >= 4 is 0 Å². The second-order valence-electron chi connectivity index (χ2n) is 4.95. The summed E-state index contributed by atoms with van der Waals surface area (Å²) < 4.78 is 2.27. The number of imidazole rings is 1. The summed E-state index contributed by atoms with van der Waals surface area (Å²) in [7, 11) is 0. The first kappa shape index (κ1) is 13.8. The van der Waals surface area contributed by atoms with E-state index in [1.165, 1.54) is 11.3 Å². The molecule has 0 aliphatic rings. The molecule has 3 nitrogen and oxygen atoms in total. The van der Waals surface area contributed by atoms with Gasteiger partial charge in [0.15, 0.2) is 0 Å². The second-order valence-corrected chi connectivity index (χ2v) is 4.95. The van der Waals surface area contributed by atoms with Gasteiger partial charge in [0, 0.05) is 12.2 Å². The fraction of sp³-hybridized carbons (Fsp3) is 0.438. The number of nitrogens with one attached hydrogen (secondary N) is 1. The lowest BCUT2D eigenvalue weighted by atomic mass is 10.1. The topological polar surface area (TPSA) is 29.9 Å². The van der Waals surface area contributed by atoms with Crippen molar-refractivity contribution < 1.29 is 0 Å². The second kappa shape index (κ2) is 6.53. The molecule has 1 aromatic carbocycles. The maximum atomic E-state index is 4.43. The van der Waals surface area contributed by atoms with Gasteiger partial charge in [-0.2, -0.15) is 0 Å². The van der Waals surface area contributed by atoms with Gasteiger partial charge in [-0.1, -0.05) is 37.3 Å². The van der Waals surface area contributed by atoms with Crippen LogP contribution in [0, 0.1) is 13.8 Å². The first-order valence-corrected chi connectivity index (χ1v) is 6.99. The number of hydrogen-bond donors (Lipinski definition) is 1. The molecule has 0 aliphatic heterocycles. The standard InChI is InChI=1S/C16H23N3/c1-4-10-17-11-16(15-8-6-5-7-9-15)19-12-18-13(2)14(19)3/h5-9,12,16-17H,4,10-11H2,1-3H3. The lowest BCUT2D eigenvalue weighted by Crippen LogP contribution is -2.27. The molecule has 0 fully saturated rings. The van der Waals surface area contributed by atoms with Crippen LogP contribution in [-0.2, 0) is 0 Å². The molecule has 2 aromatic rings. The zero-order valence-electron chi connectivity index (χ0n) is 12.1. The van der Waals surface area contributed by atoms with Gasteiger partial charge >= 0.3 is 0 Å². The Balaban J connectivity index is 2.26. The number of benzene rings is 1. The zero-order chi connectivity index (χ0) is 13.7. The van der Waals surface area contributed by atoms with Crippen molar-refractivity contribution in [3.63, 3.8) is 0 Å². The van der Waals surface area contributed by atoms with Gasteiger partial charge in [0.05, 0.1) is 18.1 Å². The molecule has 0 amide bonds. The van der Waals surface area contributed by atoms with Gasteiger partial charge in [0.2, 0.25) is 0 Å². The summed E-state index contributed by atoms with van der Waals surface area (Å²) in [6.07, 6.45) is 3.11. The van der Waals surface area contributed by atoms with Crippen molar-refractivity contribution in [3.05, 3.63) is 53.6 Å². The molecule has 0 saturated heterocycles. The Labute approximate surface area is 115 Å². The molecule has 1 N–H and O–H groups in total. The van der Waals surface area contributed by atoms with Crippen molar-refractivity contribution in [1.82, 2.24) is 14.9 Å². The molecule has 1 heterocycles. The van der Waals surface area contributed by atoms with Crippen LogP contribution >= 0.6 is 0 Å². The first-order valence-electron chi connectivity index (χ1n) is 6.99. The van der Waals surface area contributed by atoms with Crippen LogP contribution in [0.5, 0.6) is 0 Å². The molecule has 2 rings (SSSR count). The number of rotatable bonds is 6. The van der Waals surface area contributed by atoms with E-state index < -0.39 is 0 Å². The van der Waals surface area contributed by atoms with E-state index in [1.807, 2.05) is 6.33 Å². The van der Waals surface area contributed by atoms with Gasteiger partial charge in [-0.05, 0) is 32.4 Å². The van der Waals surface area contributed by atoms with Crippen LogP contribution in [0.1, 0.15) is 36.3 Å². The number of hydrogen-bond acceptors (Lipinski definition) is 2. The first-order chi connectivity index (χ1) is 9.24. The Morgan fingerprint density at radius 2 is 1.95 bits per heavy atom. The van der Waals surface area contributed by atoms with E-state index in [0.717, 1.165) is 25.2 Å². The predicted molar refractivity (Wildman–Crippen MR) is 79.4 cm³/mol. The maximum Gasteiger partial charge on any atom is 0.0957 e. The van der Waals surface area contributed by atoms with Gasteiger partial charge in [-0.15, -0.1) is 0 Å². The van der Waals surface area contributed by atoms with E-state index in [4.69, 9.17) is 0 Å². The van der Waals surface area contributed by atoms with Gasteiger partial charge < -0.3 is 9.88 Å². The van der Waals surface area contributed by atoms with Crippen molar-refractivity contribution in [2.45, 2.75) is 33.2 Å². The number of nitrogens with zero attached hydrogens (tertiary/aromatic N) is 2. The molecule has 1 aromatic heterocycles. The average molecular weight is 257 g/mol. The van der Waals surface area contributed by atoms with Gasteiger partial charge in [0.1, 0.15) is 0 Å². The minimum Gasteiger partial charge on any atom is -0.326 e. The smallest absolute Gasteiger partial charge is 0.0957 e. The summed E-state index contributed by atoms with van der Waals surface area (Å²) in [4.78, 5) is 4.43. The zero-order valence-corrected chi connectivity index (χ0v) is 12.1. The van der Waals surface area contributed by atoms with E-state index in [1.54, 1.807) is 0 Å². The van der Waals surface area contributed by atoms with Crippen LogP contribution in [0.15, 0.2) is 36.7 Å². The van der Waals surface area contributed by atoms with E-state index in [2.05, 4.69) is 66.0 Å². The Bertz CT molecular complexity index is 502. The minimum atomic E-state index is 0.314. The third-order valence-electron chi connectivity index (χ3n) is 3.57. The highest BCUT2D eigenvalue weighted by Crippen LogP contribution is 2.20. The average Bonchev–Trinajstić information content (AvgIpc) is 2.77. The predicted octanol–water partition coefficient (Wildman–Crippen LogP) is 3.09. The van der Waals surface area contributed by atoms with Crippen LogP contribution in [0.2, 0.25) is 0 Å². The van der Waals surface area contributed by atoms with E-state index in [9.17, 15) is 0 Å². The van der Waals surface area contributed by atoms with Crippen molar-refractivity contribution in [2.75, 3.05) is 13.1 Å². The summed E-state index contributed by atoms with van der Waals surface area (Å²) >= 11 is 0. The quantitative estimate of drug-likeness (QED) is 0.806. The minimum absolute atomic E-state index is 0.314. The monoisotopic (exact) mass is 257 g/mol. The molecule has 0 spiro atoms. The third kappa shape index (κ3) is 3.24. The number of aromatic nitrogens is 2. The summed E-state index contributed by atoms with van der Waals surface area (Å²) in [5.74, 6) is 0. The Morgan fingerprint density at radius 1 is 1.21 bits per heavy atom. The normalized spacial score (nSPS) is 12.6. The molecule has 0 bridgehead atoms. The highest BCUT2D eigenvalue weighted by molar-refractivity contribution is 5.23. The molecule has 3 heteroatoms. The Morgan fingerprint density at radius 3 is 2.53 bits per heavy atom. The summed E-state index contributed by atoms with van der Waals surface area (Å²) in [6.45, 7) is 8.38. The van der Waals surface area contributed by atoms with Crippen LogP contribution in [-0.4, -0.2) is 22.6 Å². The SMILES string of the molecule is CCCNCC(c1ccccc1)n1cnc(C)c1C.